The third-order valence-electron chi connectivity index (χ3n) is 3.28. The van der Waals surface area contributed by atoms with E-state index in [0.29, 0.717) is 25.3 Å². The van der Waals surface area contributed by atoms with Crippen molar-refractivity contribution in [3.05, 3.63) is 30.1 Å². The molecule has 0 radical (unpaired) electrons. The number of anilines is 1. The van der Waals surface area contributed by atoms with Gasteiger partial charge in [-0.1, -0.05) is 0 Å². The van der Waals surface area contributed by atoms with Gasteiger partial charge in [0.1, 0.15) is 12.4 Å². The molecule has 0 spiro atoms. The fourth-order valence-corrected chi connectivity index (χ4v) is 2.20. The molecule has 1 heterocycles. The van der Waals surface area contributed by atoms with Crippen LogP contribution in [0.4, 0.5) is 10.1 Å². The topological polar surface area (TPSA) is 55.8 Å². The van der Waals surface area contributed by atoms with E-state index in [1.54, 1.807) is 6.92 Å². The second-order valence-corrected chi connectivity index (χ2v) is 4.77. The summed E-state index contributed by atoms with van der Waals surface area (Å²) in [6, 6.07) is 5.46. The minimum absolute atomic E-state index is 0.186. The summed E-state index contributed by atoms with van der Waals surface area (Å²) in [5, 5.41) is 0. The van der Waals surface area contributed by atoms with Crippen LogP contribution in [-0.2, 0) is 19.1 Å². The first kappa shape index (κ1) is 15.4. The molecule has 1 amide bonds. The Hall–Kier alpha value is -1.95. The van der Waals surface area contributed by atoms with Crippen molar-refractivity contribution in [3.8, 4) is 0 Å². The van der Waals surface area contributed by atoms with Gasteiger partial charge in [-0.05, 0) is 37.6 Å². The van der Waals surface area contributed by atoms with E-state index in [0.717, 1.165) is 0 Å². The fourth-order valence-electron chi connectivity index (χ4n) is 2.20. The molecule has 0 bridgehead atoms. The molecular weight excluding hydrogens is 277 g/mol. The molecule has 1 atom stereocenters. The molecule has 21 heavy (non-hydrogen) atoms. The summed E-state index contributed by atoms with van der Waals surface area (Å²) in [7, 11) is 0. The molecule has 6 heteroatoms. The van der Waals surface area contributed by atoms with Gasteiger partial charge in [-0.2, -0.15) is 0 Å². The van der Waals surface area contributed by atoms with Crippen LogP contribution >= 0.6 is 0 Å². The Morgan fingerprint density at radius 2 is 2.10 bits per heavy atom. The van der Waals surface area contributed by atoms with E-state index < -0.39 is 11.8 Å². The number of nitrogens with zero attached hydrogens (tertiary/aromatic N) is 1. The Kier molecular flexibility index (Phi) is 5.27. The van der Waals surface area contributed by atoms with Crippen molar-refractivity contribution >= 4 is 17.6 Å². The Morgan fingerprint density at radius 1 is 1.38 bits per heavy atom. The molecule has 1 fully saturated rings. The normalized spacial score (nSPS) is 17.5. The van der Waals surface area contributed by atoms with E-state index in [2.05, 4.69) is 0 Å². The SMILES string of the molecule is CCOC(=O)CN(C(=O)C1CCOC1)c1ccc(F)cc1. The minimum atomic E-state index is -0.492. The van der Waals surface area contributed by atoms with Gasteiger partial charge in [0, 0.05) is 12.3 Å². The molecule has 2 rings (SSSR count). The second-order valence-electron chi connectivity index (χ2n) is 4.77. The zero-order chi connectivity index (χ0) is 15.2. The van der Waals surface area contributed by atoms with Crippen LogP contribution in [0.15, 0.2) is 24.3 Å². The maximum atomic E-state index is 13.0. The number of rotatable bonds is 5. The van der Waals surface area contributed by atoms with Crippen LogP contribution in [0.5, 0.6) is 0 Å². The summed E-state index contributed by atoms with van der Waals surface area (Å²) in [5.74, 6) is -1.36. The van der Waals surface area contributed by atoms with E-state index in [1.165, 1.54) is 29.2 Å². The standard InChI is InChI=1S/C15H18FNO4/c1-2-21-14(18)9-17(13-5-3-12(16)4-6-13)15(19)11-7-8-20-10-11/h3-6,11H,2,7-10H2,1H3. The van der Waals surface area contributed by atoms with Gasteiger partial charge < -0.3 is 14.4 Å². The number of esters is 1. The van der Waals surface area contributed by atoms with Gasteiger partial charge in [-0.3, -0.25) is 9.59 Å². The molecule has 1 saturated heterocycles. The maximum Gasteiger partial charge on any atom is 0.326 e. The van der Waals surface area contributed by atoms with Crippen molar-refractivity contribution in [3.63, 3.8) is 0 Å². The van der Waals surface area contributed by atoms with E-state index in [4.69, 9.17) is 9.47 Å². The highest BCUT2D eigenvalue weighted by atomic mass is 19.1. The Bertz CT molecular complexity index is 497. The molecule has 0 aliphatic carbocycles. The Balaban J connectivity index is 2.18. The predicted molar refractivity (Wildman–Crippen MR) is 74.3 cm³/mol. The molecule has 1 aliphatic rings. The number of halogens is 1. The summed E-state index contributed by atoms with van der Waals surface area (Å²) in [6.07, 6.45) is 0.624. The van der Waals surface area contributed by atoms with E-state index in [1.807, 2.05) is 0 Å². The van der Waals surface area contributed by atoms with E-state index >= 15 is 0 Å². The number of carbonyl (C=O) groups is 2. The molecule has 1 unspecified atom stereocenters. The van der Waals surface area contributed by atoms with Gasteiger partial charge in [0.2, 0.25) is 5.91 Å². The van der Waals surface area contributed by atoms with Gasteiger partial charge >= 0.3 is 5.97 Å². The van der Waals surface area contributed by atoms with E-state index in [9.17, 15) is 14.0 Å². The lowest BCUT2D eigenvalue weighted by Gasteiger charge is -2.24. The quantitative estimate of drug-likeness (QED) is 0.777. The molecule has 0 aromatic heterocycles. The summed E-state index contributed by atoms with van der Waals surface area (Å²) in [4.78, 5) is 25.5. The van der Waals surface area contributed by atoms with Crippen LogP contribution < -0.4 is 4.90 Å². The maximum absolute atomic E-state index is 13.0. The molecule has 1 aromatic rings. The van der Waals surface area contributed by atoms with Crippen molar-refractivity contribution in [2.75, 3.05) is 31.3 Å². The van der Waals surface area contributed by atoms with Crippen LogP contribution in [-0.4, -0.2) is 38.2 Å². The van der Waals surface area contributed by atoms with Gasteiger partial charge in [-0.15, -0.1) is 0 Å². The largest absolute Gasteiger partial charge is 0.465 e. The van der Waals surface area contributed by atoms with Crippen LogP contribution in [0.1, 0.15) is 13.3 Å². The Morgan fingerprint density at radius 3 is 2.67 bits per heavy atom. The number of carbonyl (C=O) groups excluding carboxylic acids is 2. The molecule has 0 N–H and O–H groups in total. The van der Waals surface area contributed by atoms with Crippen molar-refractivity contribution < 1.29 is 23.5 Å². The van der Waals surface area contributed by atoms with Gasteiger partial charge in [0.05, 0.1) is 19.1 Å². The van der Waals surface area contributed by atoms with Crippen LogP contribution in [0.3, 0.4) is 0 Å². The number of amides is 1. The highest BCUT2D eigenvalue weighted by Crippen LogP contribution is 2.21. The van der Waals surface area contributed by atoms with Crippen molar-refractivity contribution in [1.29, 1.82) is 0 Å². The first-order valence-electron chi connectivity index (χ1n) is 6.92. The first-order chi connectivity index (χ1) is 10.1. The van der Waals surface area contributed by atoms with Crippen LogP contribution in [0.25, 0.3) is 0 Å². The highest BCUT2D eigenvalue weighted by molar-refractivity contribution is 5.99. The van der Waals surface area contributed by atoms with Crippen LogP contribution in [0.2, 0.25) is 0 Å². The lowest BCUT2D eigenvalue weighted by molar-refractivity contribution is -0.142. The minimum Gasteiger partial charge on any atom is -0.465 e. The fraction of sp³-hybridized carbons (Fsp3) is 0.467. The number of hydrogen-bond donors (Lipinski definition) is 0. The lowest BCUT2D eigenvalue weighted by atomic mass is 10.1. The summed E-state index contributed by atoms with van der Waals surface area (Å²) in [5.41, 5.74) is 0.473. The summed E-state index contributed by atoms with van der Waals surface area (Å²) in [6.45, 7) is 2.64. The lowest BCUT2D eigenvalue weighted by Crippen LogP contribution is -2.40. The summed E-state index contributed by atoms with van der Waals surface area (Å²) >= 11 is 0. The van der Waals surface area contributed by atoms with Gasteiger partial charge in [-0.25, -0.2) is 4.39 Å². The first-order valence-corrected chi connectivity index (χ1v) is 6.92. The highest BCUT2D eigenvalue weighted by Gasteiger charge is 2.30. The van der Waals surface area contributed by atoms with Crippen LogP contribution in [0, 0.1) is 11.7 Å². The Labute approximate surface area is 122 Å². The third-order valence-corrected chi connectivity index (χ3v) is 3.28. The van der Waals surface area contributed by atoms with Gasteiger partial charge in [0.25, 0.3) is 0 Å². The molecular formula is C15H18FNO4. The monoisotopic (exact) mass is 295 g/mol. The molecule has 114 valence electrons. The average Bonchev–Trinajstić information content (AvgIpc) is 3.00. The molecule has 1 aromatic carbocycles. The molecule has 5 nitrogen and oxygen atoms in total. The zero-order valence-electron chi connectivity index (χ0n) is 11.9. The van der Waals surface area contributed by atoms with Gasteiger partial charge in [0.15, 0.2) is 0 Å². The third kappa shape index (κ3) is 4.01. The van der Waals surface area contributed by atoms with E-state index in [-0.39, 0.29) is 25.0 Å². The number of hydrogen-bond acceptors (Lipinski definition) is 4. The smallest absolute Gasteiger partial charge is 0.326 e. The number of ether oxygens (including phenoxy) is 2. The average molecular weight is 295 g/mol. The van der Waals surface area contributed by atoms with Crippen molar-refractivity contribution in [1.82, 2.24) is 0 Å². The summed E-state index contributed by atoms with van der Waals surface area (Å²) < 4.78 is 23.1. The second kappa shape index (κ2) is 7.17. The molecule has 0 saturated carbocycles. The predicted octanol–water partition coefficient (Wildman–Crippen LogP) is 1.76. The number of benzene rings is 1. The zero-order valence-corrected chi connectivity index (χ0v) is 11.9. The van der Waals surface area contributed by atoms with Crippen molar-refractivity contribution in [2.45, 2.75) is 13.3 Å². The van der Waals surface area contributed by atoms with Crippen molar-refractivity contribution in [2.24, 2.45) is 5.92 Å². The molecule has 1 aliphatic heterocycles.